The van der Waals surface area contributed by atoms with Crippen LogP contribution in [-0.4, -0.2) is 11.1 Å². The van der Waals surface area contributed by atoms with E-state index in [0.29, 0.717) is 16.3 Å². The summed E-state index contributed by atoms with van der Waals surface area (Å²) < 4.78 is 18.3. The van der Waals surface area contributed by atoms with Gasteiger partial charge in [-0.1, -0.05) is 29.8 Å². The Bertz CT molecular complexity index is 666. The molecule has 2 rings (SSSR count). The molecule has 0 aromatic heterocycles. The van der Waals surface area contributed by atoms with Gasteiger partial charge in [0.2, 0.25) is 0 Å². The zero-order valence-corrected chi connectivity index (χ0v) is 11.7. The molecule has 0 saturated carbocycles. The van der Waals surface area contributed by atoms with Crippen LogP contribution >= 0.6 is 11.6 Å². The molecule has 0 saturated heterocycles. The van der Waals surface area contributed by atoms with Crippen molar-refractivity contribution in [3.63, 3.8) is 0 Å². The van der Waals surface area contributed by atoms with E-state index in [1.54, 1.807) is 30.3 Å². The van der Waals surface area contributed by atoms with Gasteiger partial charge in [0.15, 0.2) is 0 Å². The Hall–Kier alpha value is -2.33. The molecular weight excluding hydrogens is 295 g/mol. The van der Waals surface area contributed by atoms with Gasteiger partial charge in [-0.15, -0.1) is 0 Å². The summed E-state index contributed by atoms with van der Waals surface area (Å²) in [5.74, 6) is -0.845. The molecule has 0 spiro atoms. The first-order valence-corrected chi connectivity index (χ1v) is 6.50. The number of hydrogen-bond acceptors (Lipinski definition) is 2. The van der Waals surface area contributed by atoms with Crippen LogP contribution in [0.1, 0.15) is 11.1 Å². The van der Waals surface area contributed by atoms with Gasteiger partial charge in [0.05, 0.1) is 5.02 Å². The van der Waals surface area contributed by atoms with Crippen LogP contribution < -0.4 is 4.74 Å². The molecular formula is C16H12ClFO3. The van der Waals surface area contributed by atoms with Gasteiger partial charge in [0, 0.05) is 6.08 Å². The van der Waals surface area contributed by atoms with Gasteiger partial charge < -0.3 is 9.84 Å². The van der Waals surface area contributed by atoms with Crippen molar-refractivity contribution in [2.24, 2.45) is 0 Å². The van der Waals surface area contributed by atoms with Gasteiger partial charge in [0.25, 0.3) is 0 Å². The Kier molecular flexibility index (Phi) is 4.95. The third-order valence-corrected chi connectivity index (χ3v) is 2.98. The monoisotopic (exact) mass is 306 g/mol. The molecule has 1 N–H and O–H groups in total. The van der Waals surface area contributed by atoms with Crippen molar-refractivity contribution in [2.75, 3.05) is 0 Å². The van der Waals surface area contributed by atoms with Gasteiger partial charge in [-0.2, -0.15) is 0 Å². The number of halogens is 2. The number of ether oxygens (including phenoxy) is 1. The molecule has 2 aromatic carbocycles. The molecule has 0 bridgehead atoms. The summed E-state index contributed by atoms with van der Waals surface area (Å²) in [5, 5.41) is 8.94. The van der Waals surface area contributed by atoms with Gasteiger partial charge in [-0.25, -0.2) is 9.18 Å². The van der Waals surface area contributed by atoms with Crippen LogP contribution in [0.25, 0.3) is 6.08 Å². The van der Waals surface area contributed by atoms with Crippen molar-refractivity contribution in [3.05, 3.63) is 70.5 Å². The molecule has 0 radical (unpaired) electrons. The second kappa shape index (κ2) is 6.90. The van der Waals surface area contributed by atoms with Crippen LogP contribution in [0.4, 0.5) is 4.39 Å². The summed E-state index contributed by atoms with van der Waals surface area (Å²) >= 11 is 6.07. The average molecular weight is 307 g/mol. The van der Waals surface area contributed by atoms with E-state index in [1.807, 2.05) is 0 Å². The average Bonchev–Trinajstić information content (AvgIpc) is 2.46. The molecule has 0 heterocycles. The van der Waals surface area contributed by atoms with Crippen molar-refractivity contribution in [3.8, 4) is 5.75 Å². The lowest BCUT2D eigenvalue weighted by Gasteiger charge is -2.08. The van der Waals surface area contributed by atoms with Crippen LogP contribution in [0.15, 0.2) is 48.5 Å². The van der Waals surface area contributed by atoms with Crippen molar-refractivity contribution >= 4 is 23.6 Å². The predicted molar refractivity (Wildman–Crippen MR) is 78.9 cm³/mol. The zero-order chi connectivity index (χ0) is 15.2. The van der Waals surface area contributed by atoms with Gasteiger partial charge >= 0.3 is 5.97 Å². The third-order valence-electron chi connectivity index (χ3n) is 2.68. The van der Waals surface area contributed by atoms with Crippen LogP contribution in [-0.2, 0) is 11.4 Å². The fourth-order valence-corrected chi connectivity index (χ4v) is 1.89. The van der Waals surface area contributed by atoms with Crippen molar-refractivity contribution < 1.29 is 19.0 Å². The minimum atomic E-state index is -1.03. The highest BCUT2D eigenvalue weighted by Crippen LogP contribution is 2.26. The highest BCUT2D eigenvalue weighted by molar-refractivity contribution is 6.32. The van der Waals surface area contributed by atoms with E-state index in [2.05, 4.69) is 0 Å². The SMILES string of the molecule is O=C(O)/C=C\c1ccc(OCc2ccc(F)cc2)c(Cl)c1. The molecule has 0 aliphatic heterocycles. The summed E-state index contributed by atoms with van der Waals surface area (Å²) in [7, 11) is 0. The van der Waals surface area contributed by atoms with E-state index >= 15 is 0 Å². The van der Waals surface area contributed by atoms with E-state index in [-0.39, 0.29) is 12.4 Å². The summed E-state index contributed by atoms with van der Waals surface area (Å²) in [4.78, 5) is 10.4. The molecule has 0 amide bonds. The normalized spacial score (nSPS) is 10.8. The van der Waals surface area contributed by atoms with Crippen LogP contribution in [0.2, 0.25) is 5.02 Å². The Morgan fingerprint density at radius 1 is 1.24 bits per heavy atom. The quantitative estimate of drug-likeness (QED) is 0.844. The minimum Gasteiger partial charge on any atom is -0.487 e. The zero-order valence-electron chi connectivity index (χ0n) is 10.9. The standard InChI is InChI=1S/C16H12ClFO3/c17-14-9-11(4-8-16(19)20)3-7-15(14)21-10-12-1-5-13(18)6-2-12/h1-9H,10H2,(H,19,20)/b8-4-. The second-order valence-corrected chi connectivity index (χ2v) is 4.68. The Morgan fingerprint density at radius 2 is 1.95 bits per heavy atom. The Balaban J connectivity index is 2.04. The molecule has 0 unspecified atom stereocenters. The summed E-state index contributed by atoms with van der Waals surface area (Å²) in [5.41, 5.74) is 1.49. The number of rotatable bonds is 5. The maximum absolute atomic E-state index is 12.8. The number of carboxylic acids is 1. The van der Waals surface area contributed by atoms with E-state index < -0.39 is 5.97 Å². The first-order chi connectivity index (χ1) is 10.0. The fourth-order valence-electron chi connectivity index (χ4n) is 1.65. The summed E-state index contributed by atoms with van der Waals surface area (Å²) in [6.45, 7) is 0.268. The molecule has 0 atom stereocenters. The van der Waals surface area contributed by atoms with Crippen LogP contribution in [0.5, 0.6) is 5.75 Å². The van der Waals surface area contributed by atoms with E-state index in [0.717, 1.165) is 11.6 Å². The van der Waals surface area contributed by atoms with Crippen LogP contribution in [0, 0.1) is 5.82 Å². The smallest absolute Gasteiger partial charge is 0.328 e. The molecule has 108 valence electrons. The van der Waals surface area contributed by atoms with Gasteiger partial charge in [0.1, 0.15) is 18.2 Å². The maximum atomic E-state index is 12.8. The molecule has 0 aliphatic carbocycles. The van der Waals surface area contributed by atoms with Gasteiger partial charge in [-0.05, 0) is 41.5 Å². The first kappa shape index (κ1) is 15.1. The lowest BCUT2D eigenvalue weighted by atomic mass is 10.2. The van der Waals surface area contributed by atoms with E-state index in [9.17, 15) is 9.18 Å². The molecule has 0 fully saturated rings. The number of aliphatic carboxylic acids is 1. The molecule has 21 heavy (non-hydrogen) atoms. The van der Waals surface area contributed by atoms with E-state index in [4.69, 9.17) is 21.4 Å². The third kappa shape index (κ3) is 4.61. The molecule has 2 aromatic rings. The summed E-state index contributed by atoms with van der Waals surface area (Å²) in [6.07, 6.45) is 2.47. The molecule has 0 aliphatic rings. The highest BCUT2D eigenvalue weighted by Gasteiger charge is 2.03. The Labute approximate surface area is 126 Å². The van der Waals surface area contributed by atoms with Gasteiger partial charge in [-0.3, -0.25) is 0 Å². The Morgan fingerprint density at radius 3 is 2.57 bits per heavy atom. The first-order valence-electron chi connectivity index (χ1n) is 6.12. The number of carbonyl (C=O) groups is 1. The second-order valence-electron chi connectivity index (χ2n) is 4.28. The van der Waals surface area contributed by atoms with Crippen molar-refractivity contribution in [1.29, 1.82) is 0 Å². The lowest BCUT2D eigenvalue weighted by Crippen LogP contribution is -1.96. The number of benzene rings is 2. The van der Waals surface area contributed by atoms with Crippen LogP contribution in [0.3, 0.4) is 0 Å². The van der Waals surface area contributed by atoms with Crippen molar-refractivity contribution in [1.82, 2.24) is 0 Å². The highest BCUT2D eigenvalue weighted by atomic mass is 35.5. The molecule has 3 nitrogen and oxygen atoms in total. The molecule has 5 heteroatoms. The predicted octanol–water partition coefficient (Wildman–Crippen LogP) is 4.16. The largest absolute Gasteiger partial charge is 0.487 e. The van der Waals surface area contributed by atoms with Crippen molar-refractivity contribution in [2.45, 2.75) is 6.61 Å². The topological polar surface area (TPSA) is 46.5 Å². The summed E-state index contributed by atoms with van der Waals surface area (Å²) in [6, 6.07) is 11.0. The van der Waals surface area contributed by atoms with E-state index in [1.165, 1.54) is 18.2 Å². The minimum absolute atomic E-state index is 0.268. The number of carboxylic acid groups (broad SMARTS) is 1. The lowest BCUT2D eigenvalue weighted by molar-refractivity contribution is -0.131. The maximum Gasteiger partial charge on any atom is 0.328 e. The fraction of sp³-hybridized carbons (Fsp3) is 0.0625. The number of hydrogen-bond donors (Lipinski definition) is 1.